The zero-order valence-electron chi connectivity index (χ0n) is 15.6. The van der Waals surface area contributed by atoms with Gasteiger partial charge < -0.3 is 19.8 Å². The highest BCUT2D eigenvalue weighted by Crippen LogP contribution is 2.35. The molecule has 2 heterocycles. The number of hydrogen-bond acceptors (Lipinski definition) is 6. The highest BCUT2D eigenvalue weighted by Gasteiger charge is 2.30. The van der Waals surface area contributed by atoms with Gasteiger partial charge in [-0.15, -0.1) is 0 Å². The summed E-state index contributed by atoms with van der Waals surface area (Å²) >= 11 is 0. The minimum atomic E-state index is -0.359. The van der Waals surface area contributed by atoms with E-state index in [1.165, 1.54) is 0 Å². The third kappa shape index (κ3) is 5.32. The molecule has 146 valence electrons. The predicted molar refractivity (Wildman–Crippen MR) is 97.3 cm³/mol. The van der Waals surface area contributed by atoms with Crippen molar-refractivity contribution in [2.45, 2.75) is 58.0 Å². The van der Waals surface area contributed by atoms with Crippen molar-refractivity contribution >= 4 is 17.8 Å². The van der Waals surface area contributed by atoms with Gasteiger partial charge in [-0.3, -0.25) is 9.89 Å². The van der Waals surface area contributed by atoms with E-state index in [1.54, 1.807) is 13.1 Å². The Kier molecular flexibility index (Phi) is 6.10. The van der Waals surface area contributed by atoms with Crippen molar-refractivity contribution in [3.8, 4) is 0 Å². The number of nitrogens with one attached hydrogen (secondary N) is 3. The zero-order valence-corrected chi connectivity index (χ0v) is 15.6. The van der Waals surface area contributed by atoms with Crippen LogP contribution in [0, 0.1) is 6.92 Å². The smallest absolute Gasteiger partial charge is 0.407 e. The Morgan fingerprint density at radius 3 is 3.00 bits per heavy atom. The normalized spacial score (nSPS) is 19.0. The van der Waals surface area contributed by atoms with E-state index in [9.17, 15) is 9.59 Å². The van der Waals surface area contributed by atoms with E-state index in [-0.39, 0.29) is 30.4 Å². The van der Waals surface area contributed by atoms with Crippen LogP contribution in [-0.2, 0) is 16.0 Å². The van der Waals surface area contributed by atoms with Crippen LogP contribution in [0.3, 0.4) is 0 Å². The van der Waals surface area contributed by atoms with E-state index in [2.05, 4.69) is 25.8 Å². The number of ether oxygens (including phenoxy) is 1. The van der Waals surface area contributed by atoms with Gasteiger partial charge in [-0.2, -0.15) is 5.10 Å². The first-order valence-corrected chi connectivity index (χ1v) is 9.24. The van der Waals surface area contributed by atoms with Gasteiger partial charge in [-0.25, -0.2) is 9.78 Å². The Morgan fingerprint density at radius 2 is 2.26 bits per heavy atom. The molecule has 2 aromatic heterocycles. The third-order valence-corrected chi connectivity index (χ3v) is 4.49. The van der Waals surface area contributed by atoms with E-state index in [1.807, 2.05) is 13.0 Å². The molecule has 2 atom stereocenters. The summed E-state index contributed by atoms with van der Waals surface area (Å²) in [6, 6.07) is 1.83. The van der Waals surface area contributed by atoms with Gasteiger partial charge in [0.2, 0.25) is 5.91 Å². The second-order valence-corrected chi connectivity index (χ2v) is 6.74. The maximum atomic E-state index is 12.1. The van der Waals surface area contributed by atoms with Gasteiger partial charge in [0.25, 0.3) is 0 Å². The van der Waals surface area contributed by atoms with E-state index in [0.29, 0.717) is 24.0 Å². The van der Waals surface area contributed by atoms with Gasteiger partial charge in [0, 0.05) is 31.1 Å². The molecule has 2 unspecified atom stereocenters. The maximum absolute atomic E-state index is 12.1. The molecule has 0 aliphatic heterocycles. The highest BCUT2D eigenvalue weighted by atomic mass is 16.6. The number of carbonyl (C=O) groups excluding carboxylic acids is 2. The second-order valence-electron chi connectivity index (χ2n) is 6.74. The number of oxazole rings is 1. The Labute approximate surface area is 157 Å². The van der Waals surface area contributed by atoms with Crippen LogP contribution in [0.2, 0.25) is 0 Å². The molecule has 9 heteroatoms. The number of aryl methyl sites for hydroxylation is 1. The zero-order chi connectivity index (χ0) is 19.2. The Balaban J connectivity index is 1.47. The molecule has 2 aromatic rings. The Morgan fingerprint density at radius 1 is 1.41 bits per heavy atom. The standard InChI is InChI=1S/C18H25N5O4/c1-3-6-19-18(25)27-13-5-4-12(7-13)15-9-16(23-22-15)21-17(24)8-14-10-20-11(2)26-14/h9-10,12-13H,3-8H2,1-2H3,(H,19,25)(H2,21,22,23,24). The lowest BCUT2D eigenvalue weighted by Gasteiger charge is -2.12. The largest absolute Gasteiger partial charge is 0.446 e. The molecule has 2 amide bonds. The Hall–Kier alpha value is -2.84. The Bertz CT molecular complexity index is 784. The van der Waals surface area contributed by atoms with E-state index in [4.69, 9.17) is 9.15 Å². The lowest BCUT2D eigenvalue weighted by Crippen LogP contribution is -2.28. The predicted octanol–water partition coefficient (Wildman–Crippen LogP) is 2.66. The number of alkyl carbamates (subject to hydrolysis) is 1. The molecule has 1 aliphatic carbocycles. The maximum Gasteiger partial charge on any atom is 0.407 e. The molecule has 9 nitrogen and oxygen atoms in total. The van der Waals surface area contributed by atoms with Crippen molar-refractivity contribution in [2.24, 2.45) is 0 Å². The molecule has 0 saturated heterocycles. The molecule has 3 rings (SSSR count). The van der Waals surface area contributed by atoms with E-state index < -0.39 is 0 Å². The number of rotatable bonds is 7. The summed E-state index contributed by atoms with van der Waals surface area (Å²) in [5, 5.41) is 12.6. The van der Waals surface area contributed by atoms with Gasteiger partial charge in [-0.05, 0) is 25.7 Å². The van der Waals surface area contributed by atoms with Crippen LogP contribution in [0.4, 0.5) is 10.6 Å². The van der Waals surface area contributed by atoms with Crippen LogP contribution in [0.1, 0.15) is 55.9 Å². The second kappa shape index (κ2) is 8.70. The first kappa shape index (κ1) is 18.9. The number of H-pyrrole nitrogens is 1. The molecular weight excluding hydrogens is 350 g/mol. The number of amides is 2. The topological polar surface area (TPSA) is 122 Å². The quantitative estimate of drug-likeness (QED) is 0.684. The molecule has 1 fully saturated rings. The van der Waals surface area contributed by atoms with Crippen molar-refractivity contribution in [1.29, 1.82) is 0 Å². The van der Waals surface area contributed by atoms with Crippen LogP contribution >= 0.6 is 0 Å². The number of anilines is 1. The summed E-state index contributed by atoms with van der Waals surface area (Å²) in [6.07, 6.45) is 4.53. The van der Waals surface area contributed by atoms with Crippen LogP contribution in [0.15, 0.2) is 16.7 Å². The SMILES string of the molecule is CCCNC(=O)OC1CCC(c2cc(NC(=O)Cc3cnc(C)o3)n[nH]2)C1. The van der Waals surface area contributed by atoms with Crippen LogP contribution < -0.4 is 10.6 Å². The van der Waals surface area contributed by atoms with Gasteiger partial charge in [-0.1, -0.05) is 6.92 Å². The van der Waals surface area contributed by atoms with Crippen LogP contribution in [0.5, 0.6) is 0 Å². The van der Waals surface area contributed by atoms with Crippen molar-refractivity contribution < 1.29 is 18.7 Å². The van der Waals surface area contributed by atoms with Gasteiger partial charge >= 0.3 is 6.09 Å². The molecule has 0 aromatic carbocycles. The summed E-state index contributed by atoms with van der Waals surface area (Å²) < 4.78 is 10.7. The molecule has 27 heavy (non-hydrogen) atoms. The van der Waals surface area contributed by atoms with Crippen molar-refractivity contribution in [1.82, 2.24) is 20.5 Å². The van der Waals surface area contributed by atoms with Crippen molar-refractivity contribution in [3.05, 3.63) is 29.6 Å². The highest BCUT2D eigenvalue weighted by molar-refractivity contribution is 5.91. The molecule has 1 aliphatic rings. The summed E-state index contributed by atoms with van der Waals surface area (Å²) in [4.78, 5) is 27.7. The van der Waals surface area contributed by atoms with E-state index in [0.717, 1.165) is 31.4 Å². The first-order chi connectivity index (χ1) is 13.0. The minimum Gasteiger partial charge on any atom is -0.446 e. The number of aromatic amines is 1. The summed E-state index contributed by atoms with van der Waals surface area (Å²) in [7, 11) is 0. The molecule has 1 saturated carbocycles. The van der Waals surface area contributed by atoms with Crippen LogP contribution in [-0.4, -0.2) is 39.8 Å². The van der Waals surface area contributed by atoms with Gasteiger partial charge in [0.15, 0.2) is 11.7 Å². The van der Waals surface area contributed by atoms with Crippen molar-refractivity contribution in [3.63, 3.8) is 0 Å². The van der Waals surface area contributed by atoms with Gasteiger partial charge in [0.1, 0.15) is 11.9 Å². The third-order valence-electron chi connectivity index (χ3n) is 4.49. The monoisotopic (exact) mass is 375 g/mol. The van der Waals surface area contributed by atoms with Gasteiger partial charge in [0.05, 0.1) is 12.6 Å². The number of nitrogens with zero attached hydrogens (tertiary/aromatic N) is 2. The summed E-state index contributed by atoms with van der Waals surface area (Å²) in [6.45, 7) is 4.34. The van der Waals surface area contributed by atoms with Crippen LogP contribution in [0.25, 0.3) is 0 Å². The molecule has 0 radical (unpaired) electrons. The summed E-state index contributed by atoms with van der Waals surface area (Å²) in [5.74, 6) is 1.52. The fourth-order valence-electron chi connectivity index (χ4n) is 3.19. The minimum absolute atomic E-state index is 0.0945. The molecule has 3 N–H and O–H groups in total. The van der Waals surface area contributed by atoms with E-state index >= 15 is 0 Å². The average Bonchev–Trinajstić information content (AvgIpc) is 3.35. The lowest BCUT2D eigenvalue weighted by atomic mass is 10.0. The molecular formula is C18H25N5O4. The molecule has 0 bridgehead atoms. The lowest BCUT2D eigenvalue weighted by molar-refractivity contribution is -0.115. The number of hydrogen-bond donors (Lipinski definition) is 3. The number of aromatic nitrogens is 3. The average molecular weight is 375 g/mol. The van der Waals surface area contributed by atoms with Crippen molar-refractivity contribution in [2.75, 3.05) is 11.9 Å². The fraction of sp³-hybridized carbons (Fsp3) is 0.556. The first-order valence-electron chi connectivity index (χ1n) is 9.24. The molecule has 0 spiro atoms. The number of carbonyl (C=O) groups is 2. The fourth-order valence-corrected chi connectivity index (χ4v) is 3.19. The summed E-state index contributed by atoms with van der Waals surface area (Å²) in [5.41, 5.74) is 0.931.